The standard InChI is InChI=1S/C18H18N4O2S/c1-11-10-14-16(25-11)20-15-5-7-21(8-9-22(15)18(14)24)17(23)13-4-3-6-19-12(13)2/h3-4,6,10H,5,7-9H2,1-2H3. The van der Waals surface area contributed by atoms with Gasteiger partial charge in [-0.05, 0) is 32.0 Å². The topological polar surface area (TPSA) is 68.1 Å². The van der Waals surface area contributed by atoms with Crippen molar-refractivity contribution in [1.82, 2.24) is 19.4 Å². The largest absolute Gasteiger partial charge is 0.336 e. The molecule has 1 aliphatic heterocycles. The molecule has 1 amide bonds. The number of hydrogen-bond acceptors (Lipinski definition) is 5. The van der Waals surface area contributed by atoms with E-state index >= 15 is 0 Å². The van der Waals surface area contributed by atoms with Crippen molar-refractivity contribution in [2.24, 2.45) is 0 Å². The van der Waals surface area contributed by atoms with Gasteiger partial charge >= 0.3 is 0 Å². The summed E-state index contributed by atoms with van der Waals surface area (Å²) in [5.41, 5.74) is 1.34. The van der Waals surface area contributed by atoms with Gasteiger partial charge < -0.3 is 4.90 Å². The summed E-state index contributed by atoms with van der Waals surface area (Å²) in [5, 5.41) is 0.675. The summed E-state index contributed by atoms with van der Waals surface area (Å²) in [5.74, 6) is 0.724. The predicted octanol–water partition coefficient (Wildman–Crippen LogP) is 2.17. The lowest BCUT2D eigenvalue weighted by molar-refractivity contribution is 0.0758. The smallest absolute Gasteiger partial charge is 0.262 e. The first kappa shape index (κ1) is 16.0. The second-order valence-electron chi connectivity index (χ2n) is 6.24. The van der Waals surface area contributed by atoms with Crippen LogP contribution in [0.15, 0.2) is 29.2 Å². The molecule has 0 saturated carbocycles. The molecular formula is C18H18N4O2S. The molecule has 0 fully saturated rings. The van der Waals surface area contributed by atoms with Crippen molar-refractivity contribution in [3.63, 3.8) is 0 Å². The summed E-state index contributed by atoms with van der Waals surface area (Å²) in [6.45, 7) is 5.34. The maximum atomic E-state index is 12.8. The normalized spacial score (nSPS) is 14.4. The first-order chi connectivity index (χ1) is 12.0. The summed E-state index contributed by atoms with van der Waals surface area (Å²) in [7, 11) is 0. The first-order valence-corrected chi connectivity index (χ1v) is 9.07. The molecular weight excluding hydrogens is 336 g/mol. The van der Waals surface area contributed by atoms with E-state index in [4.69, 9.17) is 0 Å². The average molecular weight is 354 g/mol. The number of amides is 1. The highest BCUT2D eigenvalue weighted by Crippen LogP contribution is 2.21. The van der Waals surface area contributed by atoms with E-state index in [1.54, 1.807) is 27.8 Å². The summed E-state index contributed by atoms with van der Waals surface area (Å²) < 4.78 is 1.72. The number of hydrogen-bond donors (Lipinski definition) is 0. The van der Waals surface area contributed by atoms with Crippen LogP contribution < -0.4 is 5.56 Å². The fourth-order valence-electron chi connectivity index (χ4n) is 3.25. The number of carbonyl (C=O) groups excluding carboxylic acids is 1. The van der Waals surface area contributed by atoms with Gasteiger partial charge in [-0.1, -0.05) is 0 Å². The molecule has 0 radical (unpaired) electrons. The van der Waals surface area contributed by atoms with Crippen LogP contribution in [0.25, 0.3) is 10.2 Å². The maximum Gasteiger partial charge on any atom is 0.262 e. The molecule has 4 rings (SSSR count). The number of nitrogens with zero attached hydrogens (tertiary/aromatic N) is 4. The van der Waals surface area contributed by atoms with Gasteiger partial charge in [0.05, 0.1) is 10.9 Å². The molecule has 0 aliphatic carbocycles. The molecule has 25 heavy (non-hydrogen) atoms. The summed E-state index contributed by atoms with van der Waals surface area (Å²) in [4.78, 5) is 38.1. The zero-order chi connectivity index (χ0) is 17.6. The van der Waals surface area contributed by atoms with Crippen LogP contribution in [0.3, 0.4) is 0 Å². The van der Waals surface area contributed by atoms with E-state index in [9.17, 15) is 9.59 Å². The number of aromatic nitrogens is 3. The zero-order valence-electron chi connectivity index (χ0n) is 14.2. The number of fused-ring (bicyclic) bond motifs is 2. The van der Waals surface area contributed by atoms with Crippen molar-refractivity contribution in [3.8, 4) is 0 Å². The molecule has 0 bridgehead atoms. The maximum absolute atomic E-state index is 12.8. The van der Waals surface area contributed by atoms with E-state index in [1.807, 2.05) is 19.9 Å². The van der Waals surface area contributed by atoms with Gasteiger partial charge in [-0.2, -0.15) is 0 Å². The Hall–Kier alpha value is -2.54. The Bertz CT molecular complexity index is 1040. The van der Waals surface area contributed by atoms with Crippen LogP contribution in [0, 0.1) is 13.8 Å². The summed E-state index contributed by atoms with van der Waals surface area (Å²) >= 11 is 1.54. The molecule has 0 N–H and O–H groups in total. The molecule has 4 heterocycles. The lowest BCUT2D eigenvalue weighted by Crippen LogP contribution is -2.34. The van der Waals surface area contributed by atoms with Gasteiger partial charge in [-0.15, -0.1) is 11.3 Å². The quantitative estimate of drug-likeness (QED) is 0.672. The van der Waals surface area contributed by atoms with Crippen molar-refractivity contribution < 1.29 is 4.79 Å². The van der Waals surface area contributed by atoms with Crippen molar-refractivity contribution in [1.29, 1.82) is 0 Å². The fourth-order valence-corrected chi connectivity index (χ4v) is 4.14. The minimum absolute atomic E-state index is 0.00351. The minimum Gasteiger partial charge on any atom is -0.336 e. The molecule has 0 saturated heterocycles. The Labute approximate surface area is 148 Å². The highest BCUT2D eigenvalue weighted by atomic mass is 32.1. The molecule has 3 aromatic rings. The molecule has 0 spiro atoms. The zero-order valence-corrected chi connectivity index (χ0v) is 15.0. The molecule has 6 nitrogen and oxygen atoms in total. The van der Waals surface area contributed by atoms with Gasteiger partial charge in [-0.25, -0.2) is 4.98 Å². The van der Waals surface area contributed by atoms with Crippen molar-refractivity contribution in [2.45, 2.75) is 26.8 Å². The molecule has 0 aromatic carbocycles. The molecule has 0 unspecified atom stereocenters. The highest BCUT2D eigenvalue weighted by molar-refractivity contribution is 7.18. The van der Waals surface area contributed by atoms with Crippen LogP contribution >= 0.6 is 11.3 Å². The number of carbonyl (C=O) groups is 1. The van der Waals surface area contributed by atoms with Crippen molar-refractivity contribution in [2.75, 3.05) is 13.1 Å². The van der Waals surface area contributed by atoms with E-state index in [-0.39, 0.29) is 11.5 Å². The number of rotatable bonds is 1. The third-order valence-electron chi connectivity index (χ3n) is 4.58. The van der Waals surface area contributed by atoms with E-state index in [0.29, 0.717) is 37.0 Å². The van der Waals surface area contributed by atoms with Gasteiger partial charge in [-0.3, -0.25) is 19.1 Å². The Kier molecular flexibility index (Phi) is 3.88. The van der Waals surface area contributed by atoms with Crippen molar-refractivity contribution in [3.05, 3.63) is 56.7 Å². The lowest BCUT2D eigenvalue weighted by atomic mass is 10.1. The van der Waals surface area contributed by atoms with Crippen LogP contribution in [0.1, 0.15) is 26.8 Å². The predicted molar refractivity (Wildman–Crippen MR) is 97.2 cm³/mol. The fraction of sp³-hybridized carbons (Fsp3) is 0.333. The van der Waals surface area contributed by atoms with Crippen molar-refractivity contribution >= 4 is 27.5 Å². The van der Waals surface area contributed by atoms with Crippen LogP contribution in [-0.4, -0.2) is 38.4 Å². The van der Waals surface area contributed by atoms with Crippen LogP contribution in [0.5, 0.6) is 0 Å². The number of pyridine rings is 1. The monoisotopic (exact) mass is 354 g/mol. The van der Waals surface area contributed by atoms with Crippen LogP contribution in [0.4, 0.5) is 0 Å². The lowest BCUT2D eigenvalue weighted by Gasteiger charge is -2.20. The third-order valence-corrected chi connectivity index (χ3v) is 5.52. The Morgan fingerprint density at radius 2 is 2.08 bits per heavy atom. The molecule has 1 aliphatic rings. The second-order valence-corrected chi connectivity index (χ2v) is 7.47. The molecule has 3 aromatic heterocycles. The Morgan fingerprint density at radius 1 is 1.24 bits per heavy atom. The minimum atomic E-state index is -0.0379. The molecule has 0 atom stereocenters. The summed E-state index contributed by atoms with van der Waals surface area (Å²) in [6.07, 6.45) is 2.26. The molecule has 7 heteroatoms. The number of thiophene rings is 1. The first-order valence-electron chi connectivity index (χ1n) is 8.25. The van der Waals surface area contributed by atoms with E-state index in [2.05, 4.69) is 9.97 Å². The van der Waals surface area contributed by atoms with E-state index in [0.717, 1.165) is 21.2 Å². The number of aryl methyl sites for hydroxylation is 2. The van der Waals surface area contributed by atoms with E-state index in [1.165, 1.54) is 11.3 Å². The van der Waals surface area contributed by atoms with Crippen LogP contribution in [0.2, 0.25) is 0 Å². The summed E-state index contributed by atoms with van der Waals surface area (Å²) in [6, 6.07) is 5.47. The van der Waals surface area contributed by atoms with Gasteiger partial charge in [0.1, 0.15) is 10.7 Å². The second kappa shape index (κ2) is 6.07. The van der Waals surface area contributed by atoms with Gasteiger partial charge in [0.25, 0.3) is 11.5 Å². The van der Waals surface area contributed by atoms with Crippen LogP contribution in [-0.2, 0) is 13.0 Å². The van der Waals surface area contributed by atoms with Gasteiger partial charge in [0.2, 0.25) is 0 Å². The highest BCUT2D eigenvalue weighted by Gasteiger charge is 2.23. The average Bonchev–Trinajstić information content (AvgIpc) is 2.84. The van der Waals surface area contributed by atoms with E-state index < -0.39 is 0 Å². The third kappa shape index (κ3) is 2.74. The Balaban J connectivity index is 1.66. The Morgan fingerprint density at radius 3 is 2.88 bits per heavy atom. The molecule has 128 valence electrons. The van der Waals surface area contributed by atoms with Gasteiger partial charge in [0, 0.05) is 42.8 Å². The SMILES string of the molecule is Cc1cc2c(=O)n3c(nc2s1)CCN(C(=O)c1cccnc1C)CC3. The van der Waals surface area contributed by atoms with Gasteiger partial charge in [0.15, 0.2) is 0 Å².